The van der Waals surface area contributed by atoms with Gasteiger partial charge >= 0.3 is 6.36 Å². The number of halogens is 4. The van der Waals surface area contributed by atoms with Crippen LogP contribution in [0.3, 0.4) is 0 Å². The summed E-state index contributed by atoms with van der Waals surface area (Å²) >= 11 is 0. The van der Waals surface area contributed by atoms with Crippen molar-refractivity contribution in [3.8, 4) is 0 Å². The Hall–Kier alpha value is -1.10. The van der Waals surface area contributed by atoms with Crippen LogP contribution in [0.25, 0.3) is 0 Å². The van der Waals surface area contributed by atoms with Gasteiger partial charge in [-0.2, -0.15) is 0 Å². The minimum Gasteiger partial charge on any atom is -0.280 e. The lowest BCUT2D eigenvalue weighted by Gasteiger charge is -2.42. The molecule has 0 amide bonds. The van der Waals surface area contributed by atoms with E-state index >= 15 is 0 Å². The van der Waals surface area contributed by atoms with E-state index in [-0.39, 0.29) is 19.0 Å². The molecule has 1 saturated carbocycles. The predicted molar refractivity (Wildman–Crippen MR) is 82.6 cm³/mol. The standard InChI is InChI=1S/C18H24F4O/c19-14-6-1-3-7-15-8-10-16(11-9-15)17(23-18(20,21)22)12-4-2-5-13-17/h2-5,7,12,15-16H,1,6,8-11,13-14H2. The largest absolute Gasteiger partial charge is 0.523 e. The van der Waals surface area contributed by atoms with Crippen molar-refractivity contribution in [3.63, 3.8) is 0 Å². The van der Waals surface area contributed by atoms with E-state index in [1.165, 1.54) is 0 Å². The highest BCUT2D eigenvalue weighted by atomic mass is 19.4. The maximum atomic E-state index is 12.8. The molecule has 0 saturated heterocycles. The van der Waals surface area contributed by atoms with Crippen molar-refractivity contribution >= 4 is 0 Å². The molecule has 0 bridgehead atoms. The Morgan fingerprint density at radius 3 is 2.43 bits per heavy atom. The van der Waals surface area contributed by atoms with Gasteiger partial charge in [-0.25, -0.2) is 0 Å². The van der Waals surface area contributed by atoms with Crippen LogP contribution in [0.2, 0.25) is 0 Å². The fraction of sp³-hybridized carbons (Fsp3) is 0.667. The molecule has 5 heteroatoms. The molecular weight excluding hydrogens is 308 g/mol. The molecule has 2 rings (SSSR count). The first kappa shape index (κ1) is 18.2. The molecule has 130 valence electrons. The molecule has 0 aromatic heterocycles. The Balaban J connectivity index is 1.94. The van der Waals surface area contributed by atoms with E-state index in [9.17, 15) is 17.6 Å². The maximum absolute atomic E-state index is 12.8. The lowest BCUT2D eigenvalue weighted by molar-refractivity contribution is -0.366. The molecule has 1 unspecified atom stereocenters. The summed E-state index contributed by atoms with van der Waals surface area (Å²) in [6, 6.07) is 0. The number of rotatable bonds is 6. The summed E-state index contributed by atoms with van der Waals surface area (Å²) in [5, 5.41) is 0. The van der Waals surface area contributed by atoms with Crippen LogP contribution in [0.15, 0.2) is 36.5 Å². The van der Waals surface area contributed by atoms with Crippen LogP contribution in [0.4, 0.5) is 17.6 Å². The van der Waals surface area contributed by atoms with E-state index in [4.69, 9.17) is 0 Å². The zero-order chi connectivity index (χ0) is 16.8. The maximum Gasteiger partial charge on any atom is 0.523 e. The third-order valence-corrected chi connectivity index (χ3v) is 4.74. The van der Waals surface area contributed by atoms with E-state index in [0.29, 0.717) is 25.2 Å². The predicted octanol–water partition coefficient (Wildman–Crippen LogP) is 5.89. The summed E-state index contributed by atoms with van der Waals surface area (Å²) in [6.07, 6.45) is 10.9. The Morgan fingerprint density at radius 2 is 1.87 bits per heavy atom. The second kappa shape index (κ2) is 8.13. The molecular formula is C18H24F4O. The molecule has 0 heterocycles. The highest BCUT2D eigenvalue weighted by molar-refractivity contribution is 5.20. The highest BCUT2D eigenvalue weighted by Crippen LogP contribution is 2.44. The average molecular weight is 332 g/mol. The van der Waals surface area contributed by atoms with E-state index < -0.39 is 12.0 Å². The van der Waals surface area contributed by atoms with Gasteiger partial charge in [0.1, 0.15) is 5.60 Å². The normalized spacial score (nSPS) is 31.8. The van der Waals surface area contributed by atoms with Crippen molar-refractivity contribution in [3.05, 3.63) is 36.5 Å². The van der Waals surface area contributed by atoms with Crippen LogP contribution in [0.5, 0.6) is 0 Å². The van der Waals surface area contributed by atoms with Crippen LogP contribution >= 0.6 is 0 Å². The molecule has 23 heavy (non-hydrogen) atoms. The van der Waals surface area contributed by atoms with Crippen molar-refractivity contribution in [1.29, 1.82) is 0 Å². The zero-order valence-corrected chi connectivity index (χ0v) is 13.2. The van der Waals surface area contributed by atoms with E-state index in [2.05, 4.69) is 10.8 Å². The van der Waals surface area contributed by atoms with Gasteiger partial charge in [-0.05, 0) is 56.8 Å². The Bertz CT molecular complexity index is 444. The fourth-order valence-corrected chi connectivity index (χ4v) is 3.58. The second-order valence-electron chi connectivity index (χ2n) is 6.37. The Morgan fingerprint density at radius 1 is 1.13 bits per heavy atom. The summed E-state index contributed by atoms with van der Waals surface area (Å²) < 4.78 is 55.1. The van der Waals surface area contributed by atoms with Crippen LogP contribution < -0.4 is 0 Å². The third-order valence-electron chi connectivity index (χ3n) is 4.74. The quantitative estimate of drug-likeness (QED) is 0.335. The SMILES string of the molecule is FCCCC=CC1CCC(C2(OC(F)(F)F)C=CC=CC2)CC1. The van der Waals surface area contributed by atoms with Gasteiger partial charge < -0.3 is 0 Å². The van der Waals surface area contributed by atoms with Gasteiger partial charge in [0.15, 0.2) is 0 Å². The number of unbranched alkanes of at least 4 members (excludes halogenated alkanes) is 1. The first-order chi connectivity index (χ1) is 11.0. The van der Waals surface area contributed by atoms with Crippen LogP contribution in [0.1, 0.15) is 44.9 Å². The highest BCUT2D eigenvalue weighted by Gasteiger charge is 2.47. The van der Waals surface area contributed by atoms with Crippen LogP contribution in [-0.2, 0) is 4.74 Å². The van der Waals surface area contributed by atoms with Gasteiger partial charge in [-0.1, -0.05) is 36.5 Å². The summed E-state index contributed by atoms with van der Waals surface area (Å²) in [5.41, 5.74) is -1.25. The van der Waals surface area contributed by atoms with Gasteiger partial charge in [0.25, 0.3) is 0 Å². The van der Waals surface area contributed by atoms with Crippen molar-refractivity contribution in [2.24, 2.45) is 11.8 Å². The Labute approximate surface area is 135 Å². The van der Waals surface area contributed by atoms with Gasteiger partial charge in [0.2, 0.25) is 0 Å². The lowest BCUT2D eigenvalue weighted by atomic mass is 9.71. The number of allylic oxidation sites excluding steroid dienone is 4. The molecule has 1 atom stereocenters. The van der Waals surface area contributed by atoms with E-state index in [0.717, 1.165) is 19.3 Å². The van der Waals surface area contributed by atoms with Gasteiger partial charge in [-0.3, -0.25) is 9.13 Å². The van der Waals surface area contributed by atoms with Crippen molar-refractivity contribution < 1.29 is 22.3 Å². The van der Waals surface area contributed by atoms with Gasteiger partial charge in [-0.15, -0.1) is 13.2 Å². The first-order valence-electron chi connectivity index (χ1n) is 8.29. The van der Waals surface area contributed by atoms with E-state index in [1.54, 1.807) is 24.3 Å². The second-order valence-corrected chi connectivity index (χ2v) is 6.37. The minimum atomic E-state index is -4.63. The topological polar surface area (TPSA) is 9.23 Å². The number of ether oxygens (including phenoxy) is 1. The molecule has 0 spiro atoms. The van der Waals surface area contributed by atoms with Crippen LogP contribution in [0, 0.1) is 11.8 Å². The molecule has 0 N–H and O–H groups in total. The summed E-state index contributed by atoms with van der Waals surface area (Å²) in [7, 11) is 0. The number of hydrogen-bond donors (Lipinski definition) is 0. The number of alkyl halides is 4. The Kier molecular flexibility index (Phi) is 6.45. The molecule has 0 aromatic rings. The monoisotopic (exact) mass is 332 g/mol. The number of hydrogen-bond acceptors (Lipinski definition) is 1. The first-order valence-corrected chi connectivity index (χ1v) is 8.29. The summed E-state index contributed by atoms with van der Waals surface area (Å²) in [5.74, 6) is 0.262. The minimum absolute atomic E-state index is 0.124. The van der Waals surface area contributed by atoms with Gasteiger partial charge in [0.05, 0.1) is 6.67 Å². The summed E-state index contributed by atoms with van der Waals surface area (Å²) in [6.45, 7) is -0.311. The third kappa shape index (κ3) is 5.48. The zero-order valence-electron chi connectivity index (χ0n) is 13.2. The molecule has 0 aromatic carbocycles. The molecule has 2 aliphatic rings. The van der Waals surface area contributed by atoms with Crippen molar-refractivity contribution in [2.75, 3.05) is 6.67 Å². The van der Waals surface area contributed by atoms with Crippen molar-refractivity contribution in [1.82, 2.24) is 0 Å². The summed E-state index contributed by atoms with van der Waals surface area (Å²) in [4.78, 5) is 0. The average Bonchev–Trinajstić information content (AvgIpc) is 2.51. The molecule has 0 aliphatic heterocycles. The van der Waals surface area contributed by atoms with Crippen molar-refractivity contribution in [2.45, 2.75) is 56.9 Å². The van der Waals surface area contributed by atoms with Gasteiger partial charge in [0, 0.05) is 0 Å². The lowest BCUT2D eigenvalue weighted by Crippen LogP contribution is -2.45. The molecule has 1 nitrogen and oxygen atoms in total. The van der Waals surface area contributed by atoms with E-state index in [1.807, 2.05) is 6.08 Å². The fourth-order valence-electron chi connectivity index (χ4n) is 3.58. The molecule has 2 aliphatic carbocycles. The molecule has 0 radical (unpaired) electrons. The smallest absolute Gasteiger partial charge is 0.280 e. The molecule has 1 fully saturated rings. The van der Waals surface area contributed by atoms with Crippen LogP contribution in [-0.4, -0.2) is 18.6 Å².